The van der Waals surface area contributed by atoms with Crippen molar-refractivity contribution in [3.63, 3.8) is 0 Å². The fourth-order valence-electron chi connectivity index (χ4n) is 8.96. The lowest BCUT2D eigenvalue weighted by Crippen LogP contribution is -2.46. The third-order valence-electron chi connectivity index (χ3n) is 13.1. The summed E-state index contributed by atoms with van der Waals surface area (Å²) in [7, 11) is 3.72. The highest BCUT2D eigenvalue weighted by Gasteiger charge is 2.42. The van der Waals surface area contributed by atoms with Gasteiger partial charge < -0.3 is 35.2 Å². The summed E-state index contributed by atoms with van der Waals surface area (Å²) in [6.07, 6.45) is 14.2. The van der Waals surface area contributed by atoms with E-state index in [0.717, 1.165) is 88.7 Å². The lowest BCUT2D eigenvalue weighted by molar-refractivity contribution is -0.182. The first-order valence-electron chi connectivity index (χ1n) is 22.4. The molecule has 2 aromatic rings. The number of anilines is 2. The van der Waals surface area contributed by atoms with E-state index in [2.05, 4.69) is 29.8 Å². The van der Waals surface area contributed by atoms with E-state index in [1.807, 2.05) is 71.0 Å². The van der Waals surface area contributed by atoms with E-state index in [4.69, 9.17) is 9.47 Å². The van der Waals surface area contributed by atoms with Crippen molar-refractivity contribution in [2.24, 2.45) is 16.7 Å². The maximum atomic E-state index is 12.7. The molecule has 4 fully saturated rings. The zero-order valence-electron chi connectivity index (χ0n) is 37.3. The van der Waals surface area contributed by atoms with Crippen LogP contribution in [-0.4, -0.2) is 91.2 Å². The average Bonchev–Trinajstić information content (AvgIpc) is 3.96. The molecular formula is C48H73N5O6. The Morgan fingerprint density at radius 2 is 1.03 bits per heavy atom. The highest BCUT2D eigenvalue weighted by molar-refractivity contribution is 6.01. The Kier molecular flexibility index (Phi) is 16.2. The van der Waals surface area contributed by atoms with Crippen LogP contribution in [0.2, 0.25) is 0 Å². The fourth-order valence-corrected chi connectivity index (χ4v) is 8.96. The van der Waals surface area contributed by atoms with Gasteiger partial charge in [-0.05, 0) is 125 Å². The van der Waals surface area contributed by atoms with Crippen molar-refractivity contribution >= 4 is 35.0 Å². The first-order valence-corrected chi connectivity index (χ1v) is 22.4. The van der Waals surface area contributed by atoms with Gasteiger partial charge in [0.1, 0.15) is 0 Å². The van der Waals surface area contributed by atoms with Gasteiger partial charge >= 0.3 is 12.1 Å². The molecule has 11 nitrogen and oxygen atoms in total. The van der Waals surface area contributed by atoms with Gasteiger partial charge in [0.25, 0.3) is 0 Å². The molecule has 3 N–H and O–H groups in total. The molecule has 0 atom stereocenters. The number of benzene rings is 2. The van der Waals surface area contributed by atoms with E-state index in [0.29, 0.717) is 42.1 Å². The summed E-state index contributed by atoms with van der Waals surface area (Å²) in [5, 5.41) is 9.63. The molecule has 326 valence electrons. The molecule has 0 radical (unpaired) electrons. The number of amides is 4. The van der Waals surface area contributed by atoms with Crippen LogP contribution in [0.25, 0.3) is 0 Å². The van der Waals surface area contributed by atoms with Crippen LogP contribution in [0.15, 0.2) is 48.5 Å². The van der Waals surface area contributed by atoms with Crippen molar-refractivity contribution in [3.05, 3.63) is 59.7 Å². The molecule has 0 bridgehead atoms. The lowest BCUT2D eigenvalue weighted by atomic mass is 9.80. The van der Waals surface area contributed by atoms with E-state index in [1.54, 1.807) is 29.2 Å². The number of Topliss-reactive ketones (excluding diaryl/α,β-unsaturated/α-hetero) is 2. The van der Waals surface area contributed by atoms with Crippen molar-refractivity contribution in [2.45, 2.75) is 155 Å². The smallest absolute Gasteiger partial charge is 0.321 e. The minimum absolute atomic E-state index is 0.0743. The summed E-state index contributed by atoms with van der Waals surface area (Å²) in [5.41, 5.74) is 2.09. The molecule has 1 saturated heterocycles. The second kappa shape index (κ2) is 20.6. The SMILES string of the molecule is CCCC(C)(C)C(=O)c1ccc(NC(=O)N(C)C2CCC(NCC3CC3)CC2)cc1.CCCC(C)(C)C(=O)c1ccc(NC(=O)N(C)C2CCC3(CC2)OCCO3)cc1. The summed E-state index contributed by atoms with van der Waals surface area (Å²) in [6.45, 7) is 14.6. The second-order valence-electron chi connectivity index (χ2n) is 18.9. The molecule has 2 aromatic carbocycles. The van der Waals surface area contributed by atoms with Crippen LogP contribution in [0.4, 0.5) is 21.0 Å². The van der Waals surface area contributed by atoms with Crippen LogP contribution in [0.3, 0.4) is 0 Å². The number of ether oxygens (including phenoxy) is 2. The molecule has 3 saturated carbocycles. The van der Waals surface area contributed by atoms with E-state index in [9.17, 15) is 19.2 Å². The minimum Gasteiger partial charge on any atom is -0.348 e. The van der Waals surface area contributed by atoms with Crippen LogP contribution < -0.4 is 16.0 Å². The third kappa shape index (κ3) is 12.9. The molecule has 1 spiro atoms. The number of carbonyl (C=O) groups excluding carboxylic acids is 4. The van der Waals surface area contributed by atoms with E-state index in [1.165, 1.54) is 19.4 Å². The Morgan fingerprint density at radius 1 is 0.627 bits per heavy atom. The van der Waals surface area contributed by atoms with E-state index < -0.39 is 5.79 Å². The number of nitrogens with zero attached hydrogens (tertiary/aromatic N) is 2. The first kappa shape index (κ1) is 46.3. The number of urea groups is 2. The zero-order valence-corrected chi connectivity index (χ0v) is 37.3. The van der Waals surface area contributed by atoms with Crippen LogP contribution >= 0.6 is 0 Å². The van der Waals surface area contributed by atoms with Crippen molar-refractivity contribution in [1.29, 1.82) is 0 Å². The normalized spacial score (nSPS) is 20.6. The Labute approximate surface area is 354 Å². The van der Waals surface area contributed by atoms with Gasteiger partial charge in [0.05, 0.1) is 13.2 Å². The number of hydrogen-bond donors (Lipinski definition) is 3. The summed E-state index contributed by atoms with van der Waals surface area (Å²) < 4.78 is 11.5. The summed E-state index contributed by atoms with van der Waals surface area (Å²) in [6, 6.07) is 15.4. The standard InChI is InChI=1S/C25H39N3O2.C23H34N2O4/c1-5-16-25(2,3)23(29)19-8-10-21(11-9-19)27-24(30)28(4)22-14-12-20(13-15-22)26-17-18-6-7-18;1-5-12-22(2,3)20(26)17-6-8-18(9-7-17)24-21(27)25(4)19-10-13-23(14-11-19)28-15-16-29-23/h8-11,18,20,22,26H,5-7,12-17H2,1-4H3,(H,27,30);6-9,19H,5,10-16H2,1-4H3,(H,24,27). The van der Waals surface area contributed by atoms with Gasteiger partial charge in [-0.25, -0.2) is 9.59 Å². The third-order valence-corrected chi connectivity index (χ3v) is 13.1. The van der Waals surface area contributed by atoms with Crippen molar-refractivity contribution in [1.82, 2.24) is 15.1 Å². The zero-order chi connectivity index (χ0) is 42.8. The topological polar surface area (TPSA) is 129 Å². The highest BCUT2D eigenvalue weighted by atomic mass is 16.7. The molecule has 1 heterocycles. The quantitative estimate of drug-likeness (QED) is 0.153. The number of ketones is 2. The molecule has 0 aromatic heterocycles. The van der Waals surface area contributed by atoms with E-state index >= 15 is 0 Å². The molecule has 3 aliphatic carbocycles. The monoisotopic (exact) mass is 816 g/mol. The molecule has 11 heteroatoms. The van der Waals surface area contributed by atoms with Crippen molar-refractivity contribution in [2.75, 3.05) is 44.5 Å². The average molecular weight is 816 g/mol. The van der Waals surface area contributed by atoms with Crippen LogP contribution in [0.5, 0.6) is 0 Å². The maximum Gasteiger partial charge on any atom is 0.321 e. The second-order valence-corrected chi connectivity index (χ2v) is 18.9. The Morgan fingerprint density at radius 3 is 1.42 bits per heavy atom. The Bertz CT molecular complexity index is 1680. The van der Waals surface area contributed by atoms with E-state index in [-0.39, 0.29) is 40.5 Å². The molecule has 4 amide bonds. The Hall–Kier alpha value is -3.80. The number of hydrogen-bond acceptors (Lipinski definition) is 7. The van der Waals surface area contributed by atoms with Crippen LogP contribution in [0.1, 0.15) is 152 Å². The molecule has 59 heavy (non-hydrogen) atoms. The molecule has 4 aliphatic rings. The lowest BCUT2D eigenvalue weighted by Gasteiger charge is -2.38. The number of rotatable bonds is 15. The summed E-state index contributed by atoms with van der Waals surface area (Å²) in [5.74, 6) is 0.797. The molecule has 0 unspecified atom stereocenters. The Balaban J connectivity index is 0.000000224. The number of nitrogens with one attached hydrogen (secondary N) is 3. The predicted molar refractivity (Wildman–Crippen MR) is 236 cm³/mol. The molecule has 1 aliphatic heterocycles. The predicted octanol–water partition coefficient (Wildman–Crippen LogP) is 10.3. The highest BCUT2D eigenvalue weighted by Crippen LogP contribution is 2.37. The summed E-state index contributed by atoms with van der Waals surface area (Å²) in [4.78, 5) is 54.4. The largest absolute Gasteiger partial charge is 0.348 e. The van der Waals surface area contributed by atoms with Gasteiger partial charge in [-0.15, -0.1) is 0 Å². The molecule has 6 rings (SSSR count). The molecular weight excluding hydrogens is 743 g/mol. The van der Waals surface area contributed by atoms with Gasteiger partial charge in [-0.2, -0.15) is 0 Å². The van der Waals surface area contributed by atoms with Crippen molar-refractivity contribution < 1.29 is 28.7 Å². The fraction of sp³-hybridized carbons (Fsp3) is 0.667. The summed E-state index contributed by atoms with van der Waals surface area (Å²) >= 11 is 0. The van der Waals surface area contributed by atoms with Crippen LogP contribution in [0, 0.1) is 16.7 Å². The van der Waals surface area contributed by atoms with Gasteiger partial charge in [0.15, 0.2) is 17.4 Å². The number of carbonyl (C=O) groups is 4. The van der Waals surface area contributed by atoms with Gasteiger partial charge in [0.2, 0.25) is 0 Å². The van der Waals surface area contributed by atoms with Crippen LogP contribution in [-0.2, 0) is 9.47 Å². The maximum absolute atomic E-state index is 12.7. The van der Waals surface area contributed by atoms with Crippen molar-refractivity contribution in [3.8, 4) is 0 Å². The first-order chi connectivity index (χ1) is 28.1. The van der Waals surface area contributed by atoms with Gasteiger partial charge in [-0.3, -0.25) is 9.59 Å². The van der Waals surface area contributed by atoms with Gasteiger partial charge in [0, 0.05) is 78.4 Å². The van der Waals surface area contributed by atoms with Gasteiger partial charge in [-0.1, -0.05) is 54.4 Å². The minimum atomic E-state index is -0.415.